The van der Waals surface area contributed by atoms with E-state index in [1.54, 1.807) is 21.3 Å². The fraction of sp³-hybridized carbons (Fsp3) is 0.250. The van der Waals surface area contributed by atoms with E-state index in [9.17, 15) is 0 Å². The van der Waals surface area contributed by atoms with Crippen LogP contribution in [-0.2, 0) is 17.8 Å². The first-order valence-electron chi connectivity index (χ1n) is 10.3. The molecule has 8 nitrogen and oxygen atoms in total. The molecule has 32 heavy (non-hydrogen) atoms. The number of hydrogen-bond donors (Lipinski definition) is 1. The number of nitrogens with one attached hydrogen (secondary N) is 1. The van der Waals surface area contributed by atoms with E-state index in [4.69, 9.17) is 19.3 Å². The molecule has 4 rings (SSSR count). The molecule has 166 valence electrons. The molecular formula is C24H27N5O3. The van der Waals surface area contributed by atoms with Gasteiger partial charge in [0.1, 0.15) is 17.2 Å². The monoisotopic (exact) mass is 433 g/mol. The van der Waals surface area contributed by atoms with E-state index in [-0.39, 0.29) is 0 Å². The van der Waals surface area contributed by atoms with Crippen molar-refractivity contribution < 1.29 is 14.2 Å². The van der Waals surface area contributed by atoms with Gasteiger partial charge in [-0.25, -0.2) is 4.68 Å². The van der Waals surface area contributed by atoms with Crippen LogP contribution in [0.25, 0.3) is 16.9 Å². The summed E-state index contributed by atoms with van der Waals surface area (Å²) in [6.07, 6.45) is 5.81. The number of aromatic nitrogens is 4. The Labute approximate surface area is 187 Å². The number of para-hydroxylation sites is 1. The van der Waals surface area contributed by atoms with Crippen molar-refractivity contribution in [2.24, 2.45) is 0 Å². The number of methoxy groups -OCH3 is 3. The van der Waals surface area contributed by atoms with Crippen LogP contribution in [0.3, 0.4) is 0 Å². The fourth-order valence-electron chi connectivity index (χ4n) is 3.44. The van der Waals surface area contributed by atoms with Crippen LogP contribution in [0.2, 0.25) is 0 Å². The zero-order valence-corrected chi connectivity index (χ0v) is 18.5. The van der Waals surface area contributed by atoms with Crippen LogP contribution in [0, 0.1) is 0 Å². The molecule has 0 unspecified atom stereocenters. The number of ether oxygens (including phenoxy) is 3. The van der Waals surface area contributed by atoms with Crippen molar-refractivity contribution in [3.8, 4) is 28.4 Å². The van der Waals surface area contributed by atoms with Crippen LogP contribution in [0.1, 0.15) is 5.56 Å². The highest BCUT2D eigenvalue weighted by Gasteiger charge is 2.17. The maximum atomic E-state index is 5.62. The molecule has 0 radical (unpaired) electrons. The van der Waals surface area contributed by atoms with E-state index in [0.717, 1.165) is 39.7 Å². The minimum absolute atomic E-state index is 0.568. The molecule has 0 aliphatic carbocycles. The summed E-state index contributed by atoms with van der Waals surface area (Å²) in [5.74, 6) is 1.48. The topological polar surface area (TPSA) is 75.4 Å². The Bertz CT molecular complexity index is 1150. The third-order valence-corrected chi connectivity index (χ3v) is 5.11. The molecule has 4 aromatic rings. The van der Waals surface area contributed by atoms with Crippen molar-refractivity contribution >= 4 is 5.69 Å². The largest absolute Gasteiger partial charge is 0.497 e. The molecule has 2 aromatic carbocycles. The Morgan fingerprint density at radius 2 is 1.81 bits per heavy atom. The second-order valence-electron chi connectivity index (χ2n) is 7.19. The number of anilines is 1. The zero-order chi connectivity index (χ0) is 22.3. The van der Waals surface area contributed by atoms with Crippen LogP contribution in [0.4, 0.5) is 5.69 Å². The number of rotatable bonds is 10. The molecule has 2 heterocycles. The smallest absolute Gasteiger partial charge is 0.128 e. The first-order chi connectivity index (χ1) is 15.7. The minimum Gasteiger partial charge on any atom is -0.497 e. The van der Waals surface area contributed by atoms with Gasteiger partial charge in [-0.05, 0) is 30.3 Å². The van der Waals surface area contributed by atoms with Crippen molar-refractivity contribution in [3.05, 3.63) is 72.7 Å². The summed E-state index contributed by atoms with van der Waals surface area (Å²) in [7, 11) is 4.99. The molecule has 0 saturated carbocycles. The first-order valence-corrected chi connectivity index (χ1v) is 10.3. The predicted molar refractivity (Wildman–Crippen MR) is 124 cm³/mol. The molecule has 0 saturated heterocycles. The summed E-state index contributed by atoms with van der Waals surface area (Å²) in [6, 6.07) is 15.7. The maximum absolute atomic E-state index is 5.62. The van der Waals surface area contributed by atoms with Gasteiger partial charge in [-0.1, -0.05) is 18.2 Å². The summed E-state index contributed by atoms with van der Waals surface area (Å²) in [5.41, 5.74) is 4.62. The molecule has 2 aromatic heterocycles. The lowest BCUT2D eigenvalue weighted by Gasteiger charge is -2.10. The highest BCUT2D eigenvalue weighted by molar-refractivity contribution is 5.72. The van der Waals surface area contributed by atoms with Gasteiger partial charge in [-0.15, -0.1) is 0 Å². The van der Waals surface area contributed by atoms with Crippen LogP contribution >= 0.6 is 0 Å². The third-order valence-electron chi connectivity index (χ3n) is 5.11. The summed E-state index contributed by atoms with van der Waals surface area (Å²) in [4.78, 5) is 0. The molecule has 0 aliphatic heterocycles. The van der Waals surface area contributed by atoms with Gasteiger partial charge in [0.05, 0.1) is 44.9 Å². The highest BCUT2D eigenvalue weighted by atomic mass is 16.5. The lowest BCUT2D eigenvalue weighted by atomic mass is 10.1. The van der Waals surface area contributed by atoms with Gasteiger partial charge < -0.3 is 19.5 Å². The Kier molecular flexibility index (Phi) is 6.72. The van der Waals surface area contributed by atoms with Gasteiger partial charge in [0.2, 0.25) is 0 Å². The van der Waals surface area contributed by atoms with Gasteiger partial charge in [0.15, 0.2) is 0 Å². The van der Waals surface area contributed by atoms with E-state index in [1.165, 1.54) is 0 Å². The fourth-order valence-corrected chi connectivity index (χ4v) is 3.44. The van der Waals surface area contributed by atoms with E-state index in [2.05, 4.69) is 10.4 Å². The second kappa shape index (κ2) is 10.0. The maximum Gasteiger partial charge on any atom is 0.128 e. The predicted octanol–water partition coefficient (Wildman–Crippen LogP) is 4.01. The van der Waals surface area contributed by atoms with Gasteiger partial charge in [-0.2, -0.15) is 10.2 Å². The minimum atomic E-state index is 0.568. The highest BCUT2D eigenvalue weighted by Crippen LogP contribution is 2.35. The van der Waals surface area contributed by atoms with Crippen molar-refractivity contribution in [3.63, 3.8) is 0 Å². The van der Waals surface area contributed by atoms with Crippen molar-refractivity contribution in [1.29, 1.82) is 0 Å². The normalized spacial score (nSPS) is 10.8. The average molecular weight is 434 g/mol. The van der Waals surface area contributed by atoms with Gasteiger partial charge in [-0.3, -0.25) is 4.68 Å². The number of nitrogens with zero attached hydrogens (tertiary/aromatic N) is 4. The molecule has 1 N–H and O–H groups in total. The molecule has 0 bridgehead atoms. The van der Waals surface area contributed by atoms with Crippen molar-refractivity contribution in [2.75, 3.05) is 33.3 Å². The molecule has 0 aliphatic rings. The van der Waals surface area contributed by atoms with Crippen LogP contribution < -0.4 is 14.8 Å². The standard InChI is InChI=1S/C24H27N5O3/c1-30-12-11-28-17-19(15-26-28)25-14-18-16-29(20-7-5-4-6-8-20)27-24(18)22-13-21(31-2)9-10-23(22)32-3/h4-10,13,15-17,25H,11-12,14H2,1-3H3. The molecule has 0 spiro atoms. The Balaban J connectivity index is 1.68. The van der Waals surface area contributed by atoms with E-state index >= 15 is 0 Å². The van der Waals surface area contributed by atoms with Crippen LogP contribution in [0.5, 0.6) is 11.5 Å². The zero-order valence-electron chi connectivity index (χ0n) is 18.5. The molecular weight excluding hydrogens is 406 g/mol. The summed E-state index contributed by atoms with van der Waals surface area (Å²) in [5, 5.41) is 12.7. The quantitative estimate of drug-likeness (QED) is 0.407. The van der Waals surface area contributed by atoms with E-state index in [0.29, 0.717) is 19.7 Å². The third kappa shape index (κ3) is 4.76. The molecule has 0 amide bonds. The van der Waals surface area contributed by atoms with Crippen molar-refractivity contribution in [2.45, 2.75) is 13.1 Å². The Morgan fingerprint density at radius 1 is 0.969 bits per heavy atom. The second-order valence-corrected chi connectivity index (χ2v) is 7.19. The molecule has 0 atom stereocenters. The summed E-state index contributed by atoms with van der Waals surface area (Å²) < 4.78 is 19.9. The van der Waals surface area contributed by atoms with E-state index < -0.39 is 0 Å². The van der Waals surface area contributed by atoms with Gasteiger partial charge >= 0.3 is 0 Å². The lowest BCUT2D eigenvalue weighted by Crippen LogP contribution is -2.04. The lowest BCUT2D eigenvalue weighted by molar-refractivity contribution is 0.183. The Morgan fingerprint density at radius 3 is 2.56 bits per heavy atom. The Hall–Kier alpha value is -3.78. The van der Waals surface area contributed by atoms with E-state index in [1.807, 2.05) is 76.5 Å². The average Bonchev–Trinajstić information content (AvgIpc) is 3.48. The number of benzene rings is 2. The number of hydrogen-bond acceptors (Lipinski definition) is 6. The summed E-state index contributed by atoms with van der Waals surface area (Å²) >= 11 is 0. The van der Waals surface area contributed by atoms with Crippen LogP contribution in [0.15, 0.2) is 67.1 Å². The van der Waals surface area contributed by atoms with Gasteiger partial charge in [0, 0.05) is 37.2 Å². The first kappa shape index (κ1) is 21.5. The summed E-state index contributed by atoms with van der Waals surface area (Å²) in [6.45, 7) is 1.89. The van der Waals surface area contributed by atoms with Gasteiger partial charge in [0.25, 0.3) is 0 Å². The van der Waals surface area contributed by atoms with Crippen LogP contribution in [-0.4, -0.2) is 47.5 Å². The molecule has 0 fully saturated rings. The molecule has 8 heteroatoms. The van der Waals surface area contributed by atoms with Crippen molar-refractivity contribution in [1.82, 2.24) is 19.6 Å². The SMILES string of the molecule is COCCn1cc(NCc2cn(-c3ccccc3)nc2-c2cc(OC)ccc2OC)cn1.